The molecule has 2 saturated heterocycles. The minimum Gasteiger partial charge on any atom is -0.481 e. The molecule has 11 nitrogen and oxygen atoms in total. The lowest BCUT2D eigenvalue weighted by molar-refractivity contribution is -0.152. The van der Waals surface area contributed by atoms with Gasteiger partial charge in [0.1, 0.15) is 6.04 Å². The maximum Gasteiger partial charge on any atom is 0.308 e. The lowest BCUT2D eigenvalue weighted by atomic mass is 9.89. The van der Waals surface area contributed by atoms with Crippen molar-refractivity contribution in [2.24, 2.45) is 17.8 Å². The van der Waals surface area contributed by atoms with Crippen LogP contribution >= 0.6 is 0 Å². The highest BCUT2D eigenvalue weighted by molar-refractivity contribution is 5.90. The second kappa shape index (κ2) is 16.6. The molecule has 2 fully saturated rings. The van der Waals surface area contributed by atoms with E-state index in [1.54, 1.807) is 30.9 Å². The zero-order valence-electron chi connectivity index (χ0n) is 27.3. The van der Waals surface area contributed by atoms with Crippen LogP contribution in [-0.4, -0.2) is 121 Å². The topological polar surface area (TPSA) is 129 Å². The molecule has 0 radical (unpaired) electrons. The maximum atomic E-state index is 14.0. The average Bonchev–Trinajstić information content (AvgIpc) is 3.44. The number of hydrogen-bond donors (Lipinski definition) is 2. The number of carboxylic acid groups (broad SMARTS) is 1. The summed E-state index contributed by atoms with van der Waals surface area (Å²) in [6, 6.07) is -1.71. The van der Waals surface area contributed by atoms with E-state index >= 15 is 0 Å². The Morgan fingerprint density at radius 2 is 1.67 bits per heavy atom. The predicted molar refractivity (Wildman–Crippen MR) is 161 cm³/mol. The lowest BCUT2D eigenvalue weighted by Gasteiger charge is -2.41. The molecule has 0 saturated carbocycles. The quantitative estimate of drug-likeness (QED) is 0.295. The van der Waals surface area contributed by atoms with Crippen molar-refractivity contribution in [2.45, 2.75) is 116 Å². The van der Waals surface area contributed by atoms with Crippen molar-refractivity contribution in [2.75, 3.05) is 41.4 Å². The lowest BCUT2D eigenvalue weighted by Crippen LogP contribution is -2.59. The van der Waals surface area contributed by atoms with Crippen molar-refractivity contribution in [1.29, 1.82) is 0 Å². The summed E-state index contributed by atoms with van der Waals surface area (Å²) in [6.45, 7) is 10.9. The van der Waals surface area contributed by atoms with Gasteiger partial charge in [0.15, 0.2) is 0 Å². The van der Waals surface area contributed by atoms with E-state index in [0.29, 0.717) is 13.0 Å². The standard InChI is InChI=1S/C31H56N4O7/c1-10-20(4)27(34(7)30(38)26(19(2)3)32-29(37)23-14-11-12-16-33(23)6)24(41-8)18-25(36)35-17-13-15-22(35)28(42-9)21(5)31(39)40/h19-24,26-28H,10-18H2,1-9H3,(H,32,37)(H,39,40)/t20-,21+,22-,23-,24+,26-,27-,28+/m0/s1. The zero-order valence-corrected chi connectivity index (χ0v) is 27.3. The number of methoxy groups -OCH3 is 2. The molecule has 0 spiro atoms. The summed E-state index contributed by atoms with van der Waals surface area (Å²) in [7, 11) is 6.72. The summed E-state index contributed by atoms with van der Waals surface area (Å²) in [5.74, 6) is -2.32. The summed E-state index contributed by atoms with van der Waals surface area (Å²) in [5, 5.41) is 12.6. The molecule has 0 aromatic rings. The summed E-state index contributed by atoms with van der Waals surface area (Å²) >= 11 is 0. The third-order valence-electron chi connectivity index (χ3n) is 9.54. The summed E-state index contributed by atoms with van der Waals surface area (Å²) in [6.07, 6.45) is 3.84. The van der Waals surface area contributed by atoms with Gasteiger partial charge in [0.05, 0.1) is 42.7 Å². The Morgan fingerprint density at radius 1 is 1.00 bits per heavy atom. The molecule has 0 aromatic heterocycles. The minimum absolute atomic E-state index is 0.0119. The SMILES string of the molecule is CC[C@H](C)[C@@H]([C@@H](CC(=O)N1CCC[C@H]1[C@H](OC)[C@@H](C)C(=O)O)OC)N(C)C(=O)[C@@H](NC(=O)[C@@H]1CCCCN1C)C(C)C. The number of carbonyl (C=O) groups excluding carboxylic acids is 3. The van der Waals surface area contributed by atoms with Crippen molar-refractivity contribution in [3.63, 3.8) is 0 Å². The van der Waals surface area contributed by atoms with Crippen LogP contribution in [0.3, 0.4) is 0 Å². The number of ether oxygens (including phenoxy) is 2. The van der Waals surface area contributed by atoms with Crippen LogP contribution in [0.1, 0.15) is 79.6 Å². The van der Waals surface area contributed by atoms with Crippen LogP contribution in [0.4, 0.5) is 0 Å². The van der Waals surface area contributed by atoms with Crippen molar-refractivity contribution < 1.29 is 33.8 Å². The fraction of sp³-hybridized carbons (Fsp3) is 0.871. The molecule has 0 bridgehead atoms. The summed E-state index contributed by atoms with van der Waals surface area (Å²) in [4.78, 5) is 58.1. The first-order valence-corrected chi connectivity index (χ1v) is 15.7. The van der Waals surface area contributed by atoms with Crippen molar-refractivity contribution in [1.82, 2.24) is 20.0 Å². The summed E-state index contributed by atoms with van der Waals surface area (Å²) in [5.41, 5.74) is 0. The number of carboxylic acids is 1. The van der Waals surface area contributed by atoms with Crippen molar-refractivity contribution >= 4 is 23.7 Å². The molecule has 242 valence electrons. The first-order chi connectivity index (χ1) is 19.8. The van der Waals surface area contributed by atoms with Gasteiger partial charge >= 0.3 is 5.97 Å². The number of rotatable bonds is 15. The predicted octanol–water partition coefficient (Wildman–Crippen LogP) is 2.62. The Kier molecular flexibility index (Phi) is 14.2. The monoisotopic (exact) mass is 596 g/mol. The van der Waals surface area contributed by atoms with Gasteiger partial charge in [-0.1, -0.05) is 40.5 Å². The van der Waals surface area contributed by atoms with Crippen LogP contribution in [-0.2, 0) is 28.7 Å². The zero-order chi connectivity index (χ0) is 31.7. The van der Waals surface area contributed by atoms with E-state index in [1.807, 2.05) is 34.7 Å². The van der Waals surface area contributed by atoms with E-state index < -0.39 is 36.2 Å². The number of likely N-dealkylation sites (tertiary alicyclic amines) is 2. The van der Waals surface area contributed by atoms with Crippen LogP contribution in [0.15, 0.2) is 0 Å². The third-order valence-corrected chi connectivity index (χ3v) is 9.54. The number of carbonyl (C=O) groups is 4. The largest absolute Gasteiger partial charge is 0.481 e. The molecule has 0 aromatic carbocycles. The van der Waals surface area contributed by atoms with E-state index in [2.05, 4.69) is 10.2 Å². The van der Waals surface area contributed by atoms with Crippen LogP contribution < -0.4 is 5.32 Å². The molecule has 0 aliphatic carbocycles. The smallest absolute Gasteiger partial charge is 0.308 e. The van der Waals surface area contributed by atoms with Crippen molar-refractivity contribution in [3.8, 4) is 0 Å². The first-order valence-electron chi connectivity index (χ1n) is 15.7. The Balaban J connectivity index is 2.25. The Bertz CT molecular complexity index is 916. The molecular weight excluding hydrogens is 540 g/mol. The Hall–Kier alpha value is -2.24. The van der Waals surface area contributed by atoms with E-state index in [-0.39, 0.29) is 48.1 Å². The molecule has 2 heterocycles. The Morgan fingerprint density at radius 3 is 2.19 bits per heavy atom. The average molecular weight is 597 g/mol. The maximum absolute atomic E-state index is 14.0. The van der Waals surface area contributed by atoms with Gasteiger partial charge < -0.3 is 29.7 Å². The molecule has 2 aliphatic rings. The molecule has 2 rings (SSSR count). The van der Waals surface area contributed by atoms with Gasteiger partial charge in [-0.25, -0.2) is 0 Å². The fourth-order valence-corrected chi connectivity index (χ4v) is 6.69. The van der Waals surface area contributed by atoms with Gasteiger partial charge in [0, 0.05) is 27.8 Å². The number of nitrogens with one attached hydrogen (secondary N) is 1. The van der Waals surface area contributed by atoms with Crippen LogP contribution in [0.5, 0.6) is 0 Å². The second-order valence-corrected chi connectivity index (χ2v) is 12.6. The first kappa shape index (κ1) is 36.0. The van der Waals surface area contributed by atoms with Crippen molar-refractivity contribution in [3.05, 3.63) is 0 Å². The molecular formula is C31H56N4O7. The number of likely N-dealkylation sites (N-methyl/N-ethyl adjacent to an activating group) is 2. The highest BCUT2D eigenvalue weighted by Crippen LogP contribution is 2.29. The van der Waals surface area contributed by atoms with Crippen LogP contribution in [0.2, 0.25) is 0 Å². The number of hydrogen-bond acceptors (Lipinski definition) is 7. The number of piperidine rings is 1. The number of aliphatic carboxylic acids is 1. The van der Waals surface area contributed by atoms with Crippen LogP contribution in [0, 0.1) is 17.8 Å². The Labute approximate surface area is 252 Å². The normalized spacial score (nSPS) is 24.0. The minimum atomic E-state index is -0.963. The van der Waals surface area contributed by atoms with E-state index in [1.165, 1.54) is 7.11 Å². The number of amides is 3. The molecule has 2 aliphatic heterocycles. The third kappa shape index (κ3) is 8.66. The van der Waals surface area contributed by atoms with Gasteiger partial charge in [0.25, 0.3) is 0 Å². The molecule has 42 heavy (non-hydrogen) atoms. The molecule has 0 unspecified atom stereocenters. The molecule has 11 heteroatoms. The molecule has 3 amide bonds. The highest BCUT2D eigenvalue weighted by Gasteiger charge is 2.43. The van der Waals surface area contributed by atoms with Crippen LogP contribution in [0.25, 0.3) is 0 Å². The van der Waals surface area contributed by atoms with Gasteiger partial charge in [0.2, 0.25) is 17.7 Å². The van der Waals surface area contributed by atoms with E-state index in [9.17, 15) is 24.3 Å². The van der Waals surface area contributed by atoms with Gasteiger partial charge in [-0.3, -0.25) is 24.1 Å². The molecule has 8 atom stereocenters. The van der Waals surface area contributed by atoms with Gasteiger partial charge in [-0.15, -0.1) is 0 Å². The van der Waals surface area contributed by atoms with Gasteiger partial charge in [-0.2, -0.15) is 0 Å². The van der Waals surface area contributed by atoms with E-state index in [0.717, 1.165) is 38.6 Å². The fourth-order valence-electron chi connectivity index (χ4n) is 6.69. The number of nitrogens with zero attached hydrogens (tertiary/aromatic N) is 3. The second-order valence-electron chi connectivity index (χ2n) is 12.6. The highest BCUT2D eigenvalue weighted by atomic mass is 16.5. The van der Waals surface area contributed by atoms with Gasteiger partial charge in [-0.05, 0) is 58.0 Å². The summed E-state index contributed by atoms with van der Waals surface area (Å²) < 4.78 is 11.5. The van der Waals surface area contributed by atoms with E-state index in [4.69, 9.17) is 9.47 Å². The molecule has 2 N–H and O–H groups in total.